The summed E-state index contributed by atoms with van der Waals surface area (Å²) in [5, 5.41) is 16.0. The van der Waals surface area contributed by atoms with E-state index in [4.69, 9.17) is 10.2 Å². The molecule has 0 fully saturated rings. The number of aromatic amines is 1. The zero-order chi connectivity index (χ0) is 14.3. The number of fused-ring (bicyclic) bond motifs is 1. The van der Waals surface area contributed by atoms with Crippen LogP contribution in [0.2, 0.25) is 0 Å². The van der Waals surface area contributed by atoms with Crippen LogP contribution in [0.1, 0.15) is 31.1 Å². The lowest BCUT2D eigenvalue weighted by molar-refractivity contribution is 0.624. The number of aromatic nitrogens is 4. The maximum atomic E-state index is 9.01. The number of aryl methyl sites for hydroxylation is 1. The summed E-state index contributed by atoms with van der Waals surface area (Å²) in [6.07, 6.45) is 1.79. The Kier molecular flexibility index (Phi) is 2.79. The van der Waals surface area contributed by atoms with Crippen LogP contribution in [0.3, 0.4) is 0 Å². The molecule has 0 saturated heterocycles. The fourth-order valence-corrected chi connectivity index (χ4v) is 2.46. The lowest BCUT2D eigenvalue weighted by Gasteiger charge is -2.12. The van der Waals surface area contributed by atoms with E-state index in [9.17, 15) is 0 Å². The van der Waals surface area contributed by atoms with Crippen LogP contribution in [0.4, 0.5) is 0 Å². The molecule has 2 aromatic heterocycles. The highest BCUT2D eigenvalue weighted by Crippen LogP contribution is 2.29. The summed E-state index contributed by atoms with van der Waals surface area (Å²) in [5.74, 6) is 0.885. The van der Waals surface area contributed by atoms with Gasteiger partial charge in [0.05, 0.1) is 34.4 Å². The predicted octanol–water partition coefficient (Wildman–Crippen LogP) is 3.19. The van der Waals surface area contributed by atoms with Gasteiger partial charge < -0.3 is 4.57 Å². The van der Waals surface area contributed by atoms with Gasteiger partial charge in [-0.1, -0.05) is 0 Å². The van der Waals surface area contributed by atoms with Crippen molar-refractivity contribution >= 4 is 11.0 Å². The van der Waals surface area contributed by atoms with Gasteiger partial charge in [-0.3, -0.25) is 5.10 Å². The van der Waals surface area contributed by atoms with E-state index >= 15 is 0 Å². The molecule has 0 saturated carbocycles. The van der Waals surface area contributed by atoms with Gasteiger partial charge in [0.2, 0.25) is 0 Å². The Labute approximate surface area is 116 Å². The second-order valence-corrected chi connectivity index (χ2v) is 5.12. The SMILES string of the molecule is Cc1[nH]ncc1-c1nc2cc(C#N)ccc2n1C(C)C. The van der Waals surface area contributed by atoms with Gasteiger partial charge in [-0.25, -0.2) is 4.98 Å². The van der Waals surface area contributed by atoms with E-state index in [-0.39, 0.29) is 6.04 Å². The van der Waals surface area contributed by atoms with Crippen molar-refractivity contribution in [3.63, 3.8) is 0 Å². The highest BCUT2D eigenvalue weighted by molar-refractivity contribution is 5.82. The maximum Gasteiger partial charge on any atom is 0.144 e. The minimum absolute atomic E-state index is 0.275. The zero-order valence-electron chi connectivity index (χ0n) is 11.7. The normalized spacial score (nSPS) is 11.2. The highest BCUT2D eigenvalue weighted by atomic mass is 15.1. The number of H-pyrrole nitrogens is 1. The van der Waals surface area contributed by atoms with E-state index in [0.29, 0.717) is 5.56 Å². The van der Waals surface area contributed by atoms with Gasteiger partial charge >= 0.3 is 0 Å². The van der Waals surface area contributed by atoms with Crippen LogP contribution in [-0.2, 0) is 0 Å². The first-order valence-corrected chi connectivity index (χ1v) is 6.54. The first kappa shape index (κ1) is 12.4. The Morgan fingerprint density at radius 2 is 2.15 bits per heavy atom. The van der Waals surface area contributed by atoms with Crippen molar-refractivity contribution in [1.82, 2.24) is 19.7 Å². The van der Waals surface area contributed by atoms with Crippen molar-refractivity contribution in [2.24, 2.45) is 0 Å². The van der Waals surface area contributed by atoms with Crippen LogP contribution in [-0.4, -0.2) is 19.7 Å². The molecule has 0 bridgehead atoms. The van der Waals surface area contributed by atoms with E-state index in [1.165, 1.54) is 0 Å². The first-order chi connectivity index (χ1) is 9.61. The van der Waals surface area contributed by atoms with Crippen molar-refractivity contribution in [2.75, 3.05) is 0 Å². The molecule has 1 aromatic carbocycles. The quantitative estimate of drug-likeness (QED) is 0.773. The molecule has 0 radical (unpaired) electrons. The van der Waals surface area contributed by atoms with E-state index < -0.39 is 0 Å². The largest absolute Gasteiger partial charge is 0.321 e. The van der Waals surface area contributed by atoms with Crippen LogP contribution in [0.25, 0.3) is 22.4 Å². The molecule has 0 unspecified atom stereocenters. The third-order valence-electron chi connectivity index (χ3n) is 3.41. The fourth-order valence-electron chi connectivity index (χ4n) is 2.46. The summed E-state index contributed by atoms with van der Waals surface area (Å²) in [6, 6.07) is 8.04. The van der Waals surface area contributed by atoms with Crippen molar-refractivity contribution < 1.29 is 0 Å². The van der Waals surface area contributed by atoms with Crippen molar-refractivity contribution in [3.8, 4) is 17.5 Å². The van der Waals surface area contributed by atoms with Crippen molar-refractivity contribution in [2.45, 2.75) is 26.8 Å². The average Bonchev–Trinajstić information content (AvgIpc) is 3.00. The molecule has 0 spiro atoms. The number of benzene rings is 1. The summed E-state index contributed by atoms with van der Waals surface area (Å²) in [6.45, 7) is 6.23. The second-order valence-electron chi connectivity index (χ2n) is 5.12. The monoisotopic (exact) mass is 265 g/mol. The van der Waals surface area contributed by atoms with Gasteiger partial charge in [-0.05, 0) is 39.0 Å². The number of hydrogen-bond acceptors (Lipinski definition) is 3. The molecular weight excluding hydrogens is 250 g/mol. The Hall–Kier alpha value is -2.61. The molecule has 5 nitrogen and oxygen atoms in total. The van der Waals surface area contributed by atoms with Crippen LogP contribution in [0.5, 0.6) is 0 Å². The molecule has 20 heavy (non-hydrogen) atoms. The Balaban J connectivity index is 2.34. The van der Waals surface area contributed by atoms with Crippen molar-refractivity contribution in [1.29, 1.82) is 5.26 Å². The van der Waals surface area contributed by atoms with Gasteiger partial charge in [0.15, 0.2) is 0 Å². The number of nitrogens with one attached hydrogen (secondary N) is 1. The van der Waals surface area contributed by atoms with Crippen LogP contribution < -0.4 is 0 Å². The second kappa shape index (κ2) is 4.49. The van der Waals surface area contributed by atoms with Gasteiger partial charge in [-0.2, -0.15) is 10.4 Å². The topological polar surface area (TPSA) is 70.3 Å². The molecule has 0 aliphatic heterocycles. The highest BCUT2D eigenvalue weighted by Gasteiger charge is 2.17. The molecule has 0 atom stereocenters. The van der Waals surface area contributed by atoms with Crippen LogP contribution in [0.15, 0.2) is 24.4 Å². The number of imidazole rings is 1. The predicted molar refractivity (Wildman–Crippen MR) is 77.2 cm³/mol. The standard InChI is InChI=1S/C15H15N5/c1-9(2)20-14-5-4-11(7-16)6-13(14)18-15(20)12-8-17-19-10(12)3/h4-6,8-9H,1-3H3,(H,17,19). The smallest absolute Gasteiger partial charge is 0.144 e. The minimum Gasteiger partial charge on any atom is -0.321 e. The molecule has 2 heterocycles. The summed E-state index contributed by atoms with van der Waals surface area (Å²) >= 11 is 0. The third-order valence-corrected chi connectivity index (χ3v) is 3.41. The van der Waals surface area contributed by atoms with Crippen molar-refractivity contribution in [3.05, 3.63) is 35.7 Å². The molecule has 0 aliphatic carbocycles. The summed E-state index contributed by atoms with van der Waals surface area (Å²) < 4.78 is 2.17. The fraction of sp³-hybridized carbons (Fsp3) is 0.267. The van der Waals surface area contributed by atoms with Gasteiger partial charge in [-0.15, -0.1) is 0 Å². The van der Waals surface area contributed by atoms with E-state index in [1.807, 2.05) is 25.1 Å². The molecule has 5 heteroatoms. The number of rotatable bonds is 2. The summed E-state index contributed by atoms with van der Waals surface area (Å²) in [4.78, 5) is 4.70. The lowest BCUT2D eigenvalue weighted by Crippen LogP contribution is -2.03. The molecule has 100 valence electrons. The minimum atomic E-state index is 0.275. The Morgan fingerprint density at radius 1 is 1.35 bits per heavy atom. The van der Waals surface area contributed by atoms with E-state index in [1.54, 1.807) is 6.20 Å². The van der Waals surface area contributed by atoms with E-state index in [0.717, 1.165) is 28.1 Å². The lowest BCUT2D eigenvalue weighted by atomic mass is 10.2. The van der Waals surface area contributed by atoms with Crippen LogP contribution in [0, 0.1) is 18.3 Å². The molecule has 0 amide bonds. The average molecular weight is 265 g/mol. The molecule has 1 N–H and O–H groups in total. The maximum absolute atomic E-state index is 9.01. The number of nitriles is 1. The Bertz CT molecular complexity index is 817. The first-order valence-electron chi connectivity index (χ1n) is 6.54. The molecule has 3 rings (SSSR count). The molecular formula is C15H15N5. The van der Waals surface area contributed by atoms with E-state index in [2.05, 4.69) is 34.7 Å². The summed E-state index contributed by atoms with van der Waals surface area (Å²) in [7, 11) is 0. The Morgan fingerprint density at radius 3 is 2.75 bits per heavy atom. The summed E-state index contributed by atoms with van der Waals surface area (Å²) in [5.41, 5.74) is 4.49. The third kappa shape index (κ3) is 1.77. The number of hydrogen-bond donors (Lipinski definition) is 1. The van der Waals surface area contributed by atoms with Gasteiger partial charge in [0.1, 0.15) is 5.82 Å². The molecule has 3 aromatic rings. The molecule has 0 aliphatic rings. The zero-order valence-corrected chi connectivity index (χ0v) is 11.7. The van der Waals surface area contributed by atoms with Gasteiger partial charge in [0.25, 0.3) is 0 Å². The number of nitrogens with zero attached hydrogens (tertiary/aromatic N) is 4. The van der Waals surface area contributed by atoms with Gasteiger partial charge in [0, 0.05) is 11.7 Å². The van der Waals surface area contributed by atoms with Crippen LogP contribution >= 0.6 is 0 Å².